The summed E-state index contributed by atoms with van der Waals surface area (Å²) in [7, 11) is 0. The Bertz CT molecular complexity index is 436. The number of alkyl halides is 1. The summed E-state index contributed by atoms with van der Waals surface area (Å²) in [4.78, 5) is 0. The van der Waals surface area contributed by atoms with Crippen molar-refractivity contribution in [3.63, 3.8) is 0 Å². The number of aryl methyl sites for hydroxylation is 3. The molecule has 1 aromatic rings. The topological polar surface area (TPSA) is 0 Å². The number of rotatable bonds is 2. The highest BCUT2D eigenvalue weighted by Gasteiger charge is 2.38. The standard InChI is InChI=1S/C18H27Cl/c1-12-10-13(2)16(14(3)11-12)17(19)15-8-6-7-9-18(15,4)5/h10-11,15,17H,6-9H2,1-5H3. The first kappa shape index (κ1) is 14.9. The lowest BCUT2D eigenvalue weighted by Gasteiger charge is -2.42. The van der Waals surface area contributed by atoms with Gasteiger partial charge in [0.15, 0.2) is 0 Å². The van der Waals surface area contributed by atoms with Crippen LogP contribution in [0.4, 0.5) is 0 Å². The Balaban J connectivity index is 2.36. The van der Waals surface area contributed by atoms with Crippen LogP contribution in [0.3, 0.4) is 0 Å². The zero-order valence-corrected chi connectivity index (χ0v) is 13.8. The third-order valence-electron chi connectivity index (χ3n) is 4.96. The Morgan fingerprint density at radius 2 is 1.68 bits per heavy atom. The van der Waals surface area contributed by atoms with E-state index in [0.717, 1.165) is 0 Å². The Morgan fingerprint density at radius 1 is 1.11 bits per heavy atom. The van der Waals surface area contributed by atoms with Gasteiger partial charge in [0.1, 0.15) is 0 Å². The molecule has 0 N–H and O–H groups in total. The fraction of sp³-hybridized carbons (Fsp3) is 0.667. The second kappa shape index (κ2) is 5.48. The lowest BCUT2D eigenvalue weighted by atomic mass is 9.66. The van der Waals surface area contributed by atoms with Gasteiger partial charge in [0, 0.05) is 0 Å². The minimum atomic E-state index is 0.163. The third-order valence-corrected chi connectivity index (χ3v) is 5.48. The predicted molar refractivity (Wildman–Crippen MR) is 85.0 cm³/mol. The Labute approximate surface area is 123 Å². The van der Waals surface area contributed by atoms with Gasteiger partial charge in [-0.15, -0.1) is 11.6 Å². The van der Waals surface area contributed by atoms with Crippen LogP contribution in [-0.4, -0.2) is 0 Å². The van der Waals surface area contributed by atoms with Crippen LogP contribution >= 0.6 is 11.6 Å². The predicted octanol–water partition coefficient (Wildman–Crippen LogP) is 6.11. The van der Waals surface area contributed by atoms with Crippen LogP contribution in [0.5, 0.6) is 0 Å². The van der Waals surface area contributed by atoms with E-state index in [-0.39, 0.29) is 5.38 Å². The third kappa shape index (κ3) is 2.99. The van der Waals surface area contributed by atoms with Crippen molar-refractivity contribution in [2.45, 2.75) is 65.7 Å². The normalized spacial score (nSPS) is 24.2. The van der Waals surface area contributed by atoms with E-state index < -0.39 is 0 Å². The molecule has 1 aliphatic carbocycles. The molecule has 1 heteroatoms. The maximum absolute atomic E-state index is 6.93. The first-order chi connectivity index (χ1) is 8.83. The lowest BCUT2D eigenvalue weighted by molar-refractivity contribution is 0.133. The van der Waals surface area contributed by atoms with E-state index >= 15 is 0 Å². The summed E-state index contributed by atoms with van der Waals surface area (Å²) in [6.07, 6.45) is 5.28. The van der Waals surface area contributed by atoms with Crippen LogP contribution in [0.1, 0.15) is 67.2 Å². The van der Waals surface area contributed by atoms with E-state index in [4.69, 9.17) is 11.6 Å². The van der Waals surface area contributed by atoms with Crippen molar-refractivity contribution in [1.29, 1.82) is 0 Å². The largest absolute Gasteiger partial charge is 0.117 e. The minimum Gasteiger partial charge on any atom is -0.117 e. The first-order valence-corrected chi connectivity index (χ1v) is 7.98. The number of benzene rings is 1. The second-order valence-corrected chi connectivity index (χ2v) is 7.53. The smallest absolute Gasteiger partial charge is 0.0623 e. The van der Waals surface area contributed by atoms with Crippen LogP contribution in [0.25, 0.3) is 0 Å². The van der Waals surface area contributed by atoms with Crippen molar-refractivity contribution < 1.29 is 0 Å². The Morgan fingerprint density at radius 3 is 2.21 bits per heavy atom. The van der Waals surface area contributed by atoms with E-state index in [1.165, 1.54) is 47.9 Å². The first-order valence-electron chi connectivity index (χ1n) is 7.55. The Hall–Kier alpha value is -0.490. The number of halogens is 1. The summed E-state index contributed by atoms with van der Waals surface area (Å²) >= 11 is 6.93. The van der Waals surface area contributed by atoms with Gasteiger partial charge in [0.2, 0.25) is 0 Å². The average molecular weight is 279 g/mol. The molecule has 1 aliphatic rings. The molecule has 0 nitrogen and oxygen atoms in total. The molecule has 0 saturated heterocycles. The van der Waals surface area contributed by atoms with Crippen molar-refractivity contribution >= 4 is 11.6 Å². The zero-order chi connectivity index (χ0) is 14.2. The summed E-state index contributed by atoms with van der Waals surface area (Å²) in [6, 6.07) is 4.54. The maximum atomic E-state index is 6.93. The molecular formula is C18H27Cl. The Kier molecular flexibility index (Phi) is 4.30. The van der Waals surface area contributed by atoms with Crippen LogP contribution in [0.2, 0.25) is 0 Å². The van der Waals surface area contributed by atoms with Gasteiger partial charge in [-0.3, -0.25) is 0 Å². The molecule has 1 aromatic carbocycles. The monoisotopic (exact) mass is 278 g/mol. The summed E-state index contributed by atoms with van der Waals surface area (Å²) in [6.45, 7) is 11.4. The highest BCUT2D eigenvalue weighted by atomic mass is 35.5. The summed E-state index contributed by atoms with van der Waals surface area (Å²) in [5, 5.41) is 0.163. The van der Waals surface area contributed by atoms with Crippen LogP contribution < -0.4 is 0 Å². The van der Waals surface area contributed by atoms with Gasteiger partial charge >= 0.3 is 0 Å². The molecule has 2 atom stereocenters. The van der Waals surface area contributed by atoms with Crippen LogP contribution in [0.15, 0.2) is 12.1 Å². The molecule has 0 aliphatic heterocycles. The molecule has 0 heterocycles. The van der Waals surface area contributed by atoms with Crippen LogP contribution in [0, 0.1) is 32.1 Å². The fourth-order valence-electron chi connectivity index (χ4n) is 3.89. The SMILES string of the molecule is Cc1cc(C)c(C(Cl)C2CCCCC2(C)C)c(C)c1. The summed E-state index contributed by atoms with van der Waals surface area (Å²) in [5.41, 5.74) is 5.81. The van der Waals surface area contributed by atoms with Crippen LogP contribution in [-0.2, 0) is 0 Å². The van der Waals surface area contributed by atoms with E-state index in [1.807, 2.05) is 0 Å². The molecule has 1 saturated carbocycles. The van der Waals surface area contributed by atoms with Gasteiger partial charge in [0.25, 0.3) is 0 Å². The van der Waals surface area contributed by atoms with Gasteiger partial charge in [0.05, 0.1) is 5.38 Å². The summed E-state index contributed by atoms with van der Waals surface area (Å²) < 4.78 is 0. The maximum Gasteiger partial charge on any atom is 0.0623 e. The molecule has 19 heavy (non-hydrogen) atoms. The van der Waals surface area contributed by atoms with Gasteiger partial charge in [-0.2, -0.15) is 0 Å². The van der Waals surface area contributed by atoms with Crippen molar-refractivity contribution in [3.05, 3.63) is 34.4 Å². The van der Waals surface area contributed by atoms with E-state index in [0.29, 0.717) is 11.3 Å². The van der Waals surface area contributed by atoms with Gasteiger partial charge in [-0.05, 0) is 61.6 Å². The van der Waals surface area contributed by atoms with E-state index in [2.05, 4.69) is 46.8 Å². The average Bonchev–Trinajstić information content (AvgIpc) is 2.26. The second-order valence-electron chi connectivity index (χ2n) is 7.06. The van der Waals surface area contributed by atoms with Crippen molar-refractivity contribution in [2.75, 3.05) is 0 Å². The zero-order valence-electron chi connectivity index (χ0n) is 13.0. The summed E-state index contributed by atoms with van der Waals surface area (Å²) in [5.74, 6) is 0.600. The molecule has 106 valence electrons. The molecule has 0 bridgehead atoms. The lowest BCUT2D eigenvalue weighted by Crippen LogP contribution is -2.31. The number of hydrogen-bond acceptors (Lipinski definition) is 0. The highest BCUT2D eigenvalue weighted by molar-refractivity contribution is 6.21. The molecule has 0 amide bonds. The van der Waals surface area contributed by atoms with Gasteiger partial charge in [-0.25, -0.2) is 0 Å². The quantitative estimate of drug-likeness (QED) is 0.573. The van der Waals surface area contributed by atoms with Gasteiger partial charge in [-0.1, -0.05) is 44.4 Å². The van der Waals surface area contributed by atoms with E-state index in [1.54, 1.807) is 0 Å². The number of hydrogen-bond donors (Lipinski definition) is 0. The van der Waals surface area contributed by atoms with Crippen molar-refractivity contribution in [2.24, 2.45) is 11.3 Å². The fourth-order valence-corrected chi connectivity index (χ4v) is 4.70. The molecule has 1 fully saturated rings. The van der Waals surface area contributed by atoms with Gasteiger partial charge < -0.3 is 0 Å². The molecule has 2 unspecified atom stereocenters. The van der Waals surface area contributed by atoms with Crippen molar-refractivity contribution in [1.82, 2.24) is 0 Å². The van der Waals surface area contributed by atoms with E-state index in [9.17, 15) is 0 Å². The highest BCUT2D eigenvalue weighted by Crippen LogP contribution is 2.50. The minimum absolute atomic E-state index is 0.163. The van der Waals surface area contributed by atoms with Crippen molar-refractivity contribution in [3.8, 4) is 0 Å². The molecule has 2 rings (SSSR count). The molecule has 0 aromatic heterocycles. The molecular weight excluding hydrogens is 252 g/mol. The molecule has 0 spiro atoms. The molecule has 0 radical (unpaired) electrons.